The van der Waals surface area contributed by atoms with Gasteiger partial charge in [0.25, 0.3) is 5.91 Å². The highest BCUT2D eigenvalue weighted by Gasteiger charge is 2.39. The van der Waals surface area contributed by atoms with Crippen LogP contribution in [0.5, 0.6) is 5.75 Å². The van der Waals surface area contributed by atoms with Crippen LogP contribution in [-0.4, -0.2) is 129 Å². The van der Waals surface area contributed by atoms with Gasteiger partial charge in [0.1, 0.15) is 24.5 Å². The van der Waals surface area contributed by atoms with Gasteiger partial charge in [0.05, 0.1) is 16.5 Å². The molecule has 0 saturated carbocycles. The standard InChI is InChI=1S/C53H74N8O13S3/c1-11-17-46(64)73-32-60(52(68)47(34(6)12-2)56-50(67)42-18-14-15-25-59(42)10)44(33(4)5)30-45(74-37(9)62)36(8)75-31-39(13-3)49(66)55-40(29-38-20-22-41(63)23-21-38)28-35(7)48(65)57-58-53(69)72-26-27-76-77-51-43(61(70)71)19-16-24-54-51/h3,16,19-24,31,33-35,40,42,44-45,47,63H,8,11-12,14-15,17-18,25-30,32H2,1-2,4-7,9-10H3,(H,55,66)(H,56,67)(H,57,65)(H,58,69)/b39-31+/t34-,35-,40+,42+,44+,45+,47-/m0/s1. The van der Waals surface area contributed by atoms with Crippen LogP contribution in [-0.2, 0) is 49.4 Å². The molecule has 24 heteroatoms. The lowest BCUT2D eigenvalue weighted by atomic mass is 9.92. The number of aromatic nitrogens is 1. The third kappa shape index (κ3) is 22.3. The van der Waals surface area contributed by atoms with Crippen molar-refractivity contribution >= 4 is 80.7 Å². The number of hydrogen-bond acceptors (Lipinski definition) is 18. The fraction of sp³-hybridized carbons (Fsp3) is 0.547. The lowest BCUT2D eigenvalue weighted by Crippen LogP contribution is -2.59. The number of likely N-dealkylation sites (tertiary alicyclic amines) is 1. The van der Waals surface area contributed by atoms with Crippen LogP contribution in [0.25, 0.3) is 0 Å². The van der Waals surface area contributed by atoms with E-state index in [4.69, 9.17) is 20.6 Å². The average molecular weight is 1130 g/mol. The zero-order valence-corrected chi connectivity index (χ0v) is 47.5. The topological polar surface area (TPSA) is 278 Å². The summed E-state index contributed by atoms with van der Waals surface area (Å²) in [5.41, 5.74) is 4.92. The molecule has 21 nitrogen and oxygen atoms in total. The number of thioether (sulfide) groups is 1. The van der Waals surface area contributed by atoms with Crippen molar-refractivity contribution in [3.8, 4) is 18.1 Å². The Morgan fingerprint density at radius 2 is 1.75 bits per heavy atom. The average Bonchev–Trinajstić information content (AvgIpc) is 3.39. The number of carbonyl (C=O) groups excluding carboxylic acids is 7. The Morgan fingerprint density at radius 3 is 2.38 bits per heavy atom. The van der Waals surface area contributed by atoms with E-state index in [-0.39, 0.29) is 82.7 Å². The van der Waals surface area contributed by atoms with Crippen molar-refractivity contribution < 1.29 is 57.8 Å². The van der Waals surface area contributed by atoms with Gasteiger partial charge in [-0.2, -0.15) is 0 Å². The number of nitro groups is 1. The van der Waals surface area contributed by atoms with E-state index in [1.165, 1.54) is 58.5 Å². The number of phenols is 1. The molecule has 5 N–H and O–H groups in total. The van der Waals surface area contributed by atoms with Crippen LogP contribution in [0, 0.1) is 40.2 Å². The number of rotatable bonds is 30. The molecule has 0 radical (unpaired) electrons. The van der Waals surface area contributed by atoms with Crippen molar-refractivity contribution in [2.75, 3.05) is 32.7 Å². The highest BCUT2D eigenvalue weighted by molar-refractivity contribution is 8.76. The molecule has 3 rings (SSSR count). The van der Waals surface area contributed by atoms with Crippen LogP contribution in [0.15, 0.2) is 70.1 Å². The zero-order valence-electron chi connectivity index (χ0n) is 45.1. The highest BCUT2D eigenvalue weighted by atomic mass is 33.1. The molecule has 0 spiro atoms. The summed E-state index contributed by atoms with van der Waals surface area (Å²) in [7, 11) is 4.12. The molecule has 1 aliphatic heterocycles. The maximum atomic E-state index is 14.9. The fourth-order valence-electron chi connectivity index (χ4n) is 8.08. The van der Waals surface area contributed by atoms with Gasteiger partial charge in [0.15, 0.2) is 11.8 Å². The monoisotopic (exact) mass is 1130 g/mol. The Morgan fingerprint density at radius 1 is 1.04 bits per heavy atom. The molecule has 1 saturated heterocycles. The van der Waals surface area contributed by atoms with Gasteiger partial charge in [-0.25, -0.2) is 15.2 Å². The van der Waals surface area contributed by atoms with Crippen LogP contribution in [0.4, 0.5) is 10.5 Å². The molecule has 1 aromatic heterocycles. The minimum absolute atomic E-state index is 0.0151. The van der Waals surface area contributed by atoms with E-state index in [0.717, 1.165) is 41.9 Å². The minimum Gasteiger partial charge on any atom is -0.508 e. The van der Waals surface area contributed by atoms with E-state index >= 15 is 0 Å². The van der Waals surface area contributed by atoms with Gasteiger partial charge >= 0.3 is 23.7 Å². The van der Waals surface area contributed by atoms with Gasteiger partial charge in [-0.3, -0.25) is 49.2 Å². The maximum Gasteiger partial charge on any atom is 0.426 e. The predicted molar refractivity (Wildman–Crippen MR) is 296 cm³/mol. The van der Waals surface area contributed by atoms with Crippen molar-refractivity contribution in [1.82, 2.24) is 36.3 Å². The van der Waals surface area contributed by atoms with Crippen molar-refractivity contribution in [2.24, 2.45) is 17.8 Å². The van der Waals surface area contributed by atoms with Crippen LogP contribution < -0.4 is 21.5 Å². The first-order chi connectivity index (χ1) is 36.6. The number of carbonyl (C=O) groups is 7. The molecule has 2 aromatic rings. The Balaban J connectivity index is 1.78. The summed E-state index contributed by atoms with van der Waals surface area (Å²) in [4.78, 5) is 112. The van der Waals surface area contributed by atoms with E-state index in [0.29, 0.717) is 24.8 Å². The Labute approximate surface area is 463 Å². The van der Waals surface area contributed by atoms with Gasteiger partial charge in [-0.1, -0.05) is 102 Å². The number of ether oxygens (including phenoxy) is 3. The molecule has 5 amide bonds. The first-order valence-corrected chi connectivity index (χ1v) is 28.7. The van der Waals surface area contributed by atoms with E-state index in [1.54, 1.807) is 19.1 Å². The third-order valence-corrected chi connectivity index (χ3v) is 15.8. The molecule has 0 aliphatic carbocycles. The second kappa shape index (κ2) is 33.8. The molecule has 1 fully saturated rings. The first kappa shape index (κ1) is 65.0. The summed E-state index contributed by atoms with van der Waals surface area (Å²) in [6.45, 7) is 16.6. The summed E-state index contributed by atoms with van der Waals surface area (Å²) in [6, 6.07) is 6.20. The molecule has 422 valence electrons. The predicted octanol–water partition coefficient (Wildman–Crippen LogP) is 7.20. The van der Waals surface area contributed by atoms with E-state index in [9.17, 15) is 48.8 Å². The van der Waals surface area contributed by atoms with Crippen LogP contribution in [0.2, 0.25) is 0 Å². The summed E-state index contributed by atoms with van der Waals surface area (Å²) in [5, 5.41) is 28.7. The van der Waals surface area contributed by atoms with E-state index in [1.807, 2.05) is 46.6 Å². The third-order valence-electron chi connectivity index (χ3n) is 12.6. The Hall–Kier alpha value is -6.29. The SMILES string of the molecule is C#C/C(=C\SC(=C)[C@@H](C[C@H](C(C)C)N(COC(=O)CCC)C(=O)[C@@H](NC(=O)[C@H]1CCCCN1C)[C@@H](C)CC)OC(C)=O)C(=O)N[C@@H](Cc1ccc(O)cc1)C[C@H](C)C(=O)NNC(=O)OCCSSc1ncccc1[N+](=O)[O-]. The van der Waals surface area contributed by atoms with Crippen LogP contribution >= 0.6 is 33.3 Å². The number of hydrogen-bond donors (Lipinski definition) is 5. The van der Waals surface area contributed by atoms with E-state index in [2.05, 4.69) is 39.0 Å². The molecule has 0 bridgehead atoms. The van der Waals surface area contributed by atoms with Crippen molar-refractivity contribution in [1.29, 1.82) is 0 Å². The number of benzene rings is 1. The molecule has 77 heavy (non-hydrogen) atoms. The number of nitrogens with zero attached hydrogens (tertiary/aromatic N) is 4. The molecule has 1 aliphatic rings. The molecule has 0 unspecified atom stereocenters. The lowest BCUT2D eigenvalue weighted by Gasteiger charge is -2.40. The molecular formula is C53H74N8O13S3. The molecular weight excluding hydrogens is 1050 g/mol. The van der Waals surface area contributed by atoms with Crippen molar-refractivity contribution in [2.45, 2.75) is 142 Å². The first-order valence-electron chi connectivity index (χ1n) is 25.5. The fourth-order valence-corrected chi connectivity index (χ4v) is 10.7. The summed E-state index contributed by atoms with van der Waals surface area (Å²) < 4.78 is 16.6. The second-order valence-corrected chi connectivity index (χ2v) is 22.3. The van der Waals surface area contributed by atoms with Gasteiger partial charge < -0.3 is 34.9 Å². The number of pyridine rings is 1. The Bertz CT molecular complexity index is 2420. The maximum absolute atomic E-state index is 14.9. The van der Waals surface area contributed by atoms with Crippen LogP contribution in [0.1, 0.15) is 105 Å². The number of esters is 2. The summed E-state index contributed by atoms with van der Waals surface area (Å²) in [6.07, 6.45) is 9.21. The van der Waals surface area contributed by atoms with Crippen molar-refractivity contribution in [3.05, 3.63) is 80.7 Å². The van der Waals surface area contributed by atoms with Gasteiger partial charge in [0, 0.05) is 60.7 Å². The summed E-state index contributed by atoms with van der Waals surface area (Å²) >= 11 is 0.934. The number of amides is 5. The number of nitrogens with one attached hydrogen (secondary N) is 4. The zero-order chi connectivity index (χ0) is 57.2. The molecule has 2 heterocycles. The smallest absolute Gasteiger partial charge is 0.426 e. The lowest BCUT2D eigenvalue weighted by molar-refractivity contribution is -0.388. The largest absolute Gasteiger partial charge is 0.508 e. The second-order valence-electron chi connectivity index (χ2n) is 18.9. The molecule has 1 aromatic carbocycles. The van der Waals surface area contributed by atoms with Gasteiger partial charge in [0.2, 0.25) is 17.7 Å². The van der Waals surface area contributed by atoms with E-state index < -0.39 is 83.6 Å². The van der Waals surface area contributed by atoms with Crippen molar-refractivity contribution in [3.63, 3.8) is 0 Å². The van der Waals surface area contributed by atoms with Gasteiger partial charge in [-0.05, 0) is 97.5 Å². The molecule has 7 atom stereocenters. The number of aromatic hydroxyl groups is 1. The number of terminal acetylenes is 1. The summed E-state index contributed by atoms with van der Waals surface area (Å²) in [5.74, 6) is -1.96. The number of piperidine rings is 1. The number of likely N-dealkylation sites (N-methyl/N-ethyl adjacent to an activating group) is 1. The minimum atomic E-state index is -1.06. The quantitative estimate of drug-likeness (QED) is 0.00595. The normalized spacial score (nSPS) is 15.9. The van der Waals surface area contributed by atoms with Gasteiger partial charge in [-0.15, -0.1) is 6.42 Å². The highest BCUT2D eigenvalue weighted by Crippen LogP contribution is 2.35. The number of hydrazine groups is 1. The van der Waals surface area contributed by atoms with Crippen LogP contribution in [0.3, 0.4) is 0 Å². The number of phenolic OH excluding ortho intramolecular Hbond substituents is 1. The Kier molecular flexibility index (Phi) is 28.5.